The van der Waals surface area contributed by atoms with Gasteiger partial charge in [-0.25, -0.2) is 4.98 Å². The van der Waals surface area contributed by atoms with Crippen LogP contribution in [0.2, 0.25) is 5.02 Å². The van der Waals surface area contributed by atoms with Crippen molar-refractivity contribution in [1.82, 2.24) is 9.97 Å². The number of ether oxygens (including phenoxy) is 1. The lowest BCUT2D eigenvalue weighted by molar-refractivity contribution is 0.420. The lowest BCUT2D eigenvalue weighted by Gasteiger charge is -2.09. The van der Waals surface area contributed by atoms with Gasteiger partial charge in [0.2, 0.25) is 11.8 Å². The fourth-order valence-electron chi connectivity index (χ4n) is 1.54. The molecular formula is C14H15ClFN3O. The third-order valence-electron chi connectivity index (χ3n) is 2.54. The number of aromatic nitrogens is 2. The second-order valence-electron chi connectivity index (χ2n) is 4.31. The highest BCUT2D eigenvalue weighted by Gasteiger charge is 2.11. The Morgan fingerprint density at radius 1 is 1.40 bits per heavy atom. The van der Waals surface area contributed by atoms with E-state index in [0.29, 0.717) is 23.3 Å². The summed E-state index contributed by atoms with van der Waals surface area (Å²) in [5.41, 5.74) is 0.961. The monoisotopic (exact) mass is 295 g/mol. The van der Waals surface area contributed by atoms with Crippen LogP contribution in [0.1, 0.15) is 18.9 Å². The largest absolute Gasteiger partial charge is 0.435 e. The number of rotatable bonds is 5. The van der Waals surface area contributed by atoms with Crippen molar-refractivity contribution in [1.29, 1.82) is 0 Å². The van der Waals surface area contributed by atoms with Gasteiger partial charge in [-0.2, -0.15) is 9.37 Å². The van der Waals surface area contributed by atoms with Crippen molar-refractivity contribution >= 4 is 17.5 Å². The number of nitrogens with zero attached hydrogens (tertiary/aromatic N) is 2. The fourth-order valence-corrected chi connectivity index (χ4v) is 1.69. The first-order valence-electron chi connectivity index (χ1n) is 6.30. The Kier molecular flexibility index (Phi) is 4.74. The number of halogens is 2. The first-order chi connectivity index (χ1) is 9.60. The second-order valence-corrected chi connectivity index (χ2v) is 4.72. The van der Waals surface area contributed by atoms with Crippen LogP contribution in [-0.2, 0) is 0 Å². The SMILES string of the molecule is CCCNc1ncc(F)c(Oc2cc(C)ccc2Cl)n1. The van der Waals surface area contributed by atoms with E-state index < -0.39 is 5.82 Å². The summed E-state index contributed by atoms with van der Waals surface area (Å²) in [5.74, 6) is -0.0894. The van der Waals surface area contributed by atoms with E-state index in [9.17, 15) is 4.39 Å². The Hall–Kier alpha value is -1.88. The van der Waals surface area contributed by atoms with Gasteiger partial charge in [0.1, 0.15) is 5.75 Å². The third kappa shape index (κ3) is 3.57. The molecular weight excluding hydrogens is 281 g/mol. The number of nitrogens with one attached hydrogen (secondary N) is 1. The van der Waals surface area contributed by atoms with E-state index in [1.807, 2.05) is 19.9 Å². The van der Waals surface area contributed by atoms with Crippen molar-refractivity contribution in [2.75, 3.05) is 11.9 Å². The van der Waals surface area contributed by atoms with Gasteiger partial charge in [0, 0.05) is 6.54 Å². The number of hydrogen-bond donors (Lipinski definition) is 1. The van der Waals surface area contributed by atoms with E-state index in [-0.39, 0.29) is 5.88 Å². The molecule has 106 valence electrons. The Morgan fingerprint density at radius 2 is 2.20 bits per heavy atom. The van der Waals surface area contributed by atoms with Crippen LogP contribution >= 0.6 is 11.6 Å². The summed E-state index contributed by atoms with van der Waals surface area (Å²) in [6, 6.07) is 5.27. The molecule has 0 radical (unpaired) electrons. The first kappa shape index (κ1) is 14.5. The molecule has 20 heavy (non-hydrogen) atoms. The Labute approximate surface area is 122 Å². The summed E-state index contributed by atoms with van der Waals surface area (Å²) in [6.07, 6.45) is 1.99. The Morgan fingerprint density at radius 3 is 2.95 bits per heavy atom. The van der Waals surface area contributed by atoms with Crippen LogP contribution in [0.3, 0.4) is 0 Å². The zero-order chi connectivity index (χ0) is 14.5. The van der Waals surface area contributed by atoms with E-state index in [1.165, 1.54) is 0 Å². The minimum atomic E-state index is -0.635. The molecule has 0 fully saturated rings. The van der Waals surface area contributed by atoms with Gasteiger partial charge in [-0.15, -0.1) is 0 Å². The predicted molar refractivity (Wildman–Crippen MR) is 77.0 cm³/mol. The molecule has 0 aliphatic rings. The summed E-state index contributed by atoms with van der Waals surface area (Å²) in [7, 11) is 0. The smallest absolute Gasteiger partial charge is 0.260 e. The van der Waals surface area contributed by atoms with Crippen molar-refractivity contribution in [3.8, 4) is 11.6 Å². The predicted octanol–water partition coefficient (Wildman–Crippen LogP) is 4.19. The molecule has 0 saturated heterocycles. The van der Waals surface area contributed by atoms with Crippen LogP contribution in [0, 0.1) is 12.7 Å². The molecule has 2 aromatic rings. The lowest BCUT2D eigenvalue weighted by Crippen LogP contribution is -2.05. The summed E-state index contributed by atoms with van der Waals surface area (Å²) in [4.78, 5) is 7.85. The fraction of sp³-hybridized carbons (Fsp3) is 0.286. The minimum Gasteiger partial charge on any atom is -0.435 e. The molecule has 1 N–H and O–H groups in total. The molecule has 1 aromatic heterocycles. The highest BCUT2D eigenvalue weighted by atomic mass is 35.5. The summed E-state index contributed by atoms with van der Waals surface area (Å²) >= 11 is 6.02. The van der Waals surface area contributed by atoms with Gasteiger partial charge in [-0.05, 0) is 31.0 Å². The summed E-state index contributed by atoms with van der Waals surface area (Å²) in [6.45, 7) is 4.62. The molecule has 0 aliphatic heterocycles. The molecule has 1 heterocycles. The normalized spacial score (nSPS) is 10.4. The number of aryl methyl sites for hydroxylation is 1. The molecule has 0 unspecified atom stereocenters. The third-order valence-corrected chi connectivity index (χ3v) is 2.85. The van der Waals surface area contributed by atoms with Crippen molar-refractivity contribution < 1.29 is 9.13 Å². The van der Waals surface area contributed by atoms with Crippen molar-refractivity contribution in [3.05, 3.63) is 40.8 Å². The zero-order valence-corrected chi connectivity index (χ0v) is 12.0. The molecule has 0 amide bonds. The van der Waals surface area contributed by atoms with Gasteiger partial charge in [0.25, 0.3) is 5.88 Å². The lowest BCUT2D eigenvalue weighted by atomic mass is 10.2. The molecule has 0 saturated carbocycles. The van der Waals surface area contributed by atoms with Gasteiger partial charge in [-0.3, -0.25) is 0 Å². The minimum absolute atomic E-state index is 0.147. The topological polar surface area (TPSA) is 47.0 Å². The molecule has 6 heteroatoms. The van der Waals surface area contributed by atoms with Crippen LogP contribution in [0.5, 0.6) is 11.6 Å². The molecule has 2 rings (SSSR count). The number of anilines is 1. The van der Waals surface area contributed by atoms with Crippen LogP contribution in [0.15, 0.2) is 24.4 Å². The van der Waals surface area contributed by atoms with Gasteiger partial charge in [-0.1, -0.05) is 24.6 Å². The number of benzene rings is 1. The van der Waals surface area contributed by atoms with Crippen LogP contribution < -0.4 is 10.1 Å². The first-order valence-corrected chi connectivity index (χ1v) is 6.68. The summed E-state index contributed by atoms with van der Waals surface area (Å²) in [5, 5.41) is 3.37. The average Bonchev–Trinajstić information content (AvgIpc) is 2.43. The second kappa shape index (κ2) is 6.52. The van der Waals surface area contributed by atoms with E-state index in [4.69, 9.17) is 16.3 Å². The van der Waals surface area contributed by atoms with E-state index in [1.54, 1.807) is 12.1 Å². The molecule has 0 spiro atoms. The van der Waals surface area contributed by atoms with Crippen molar-refractivity contribution in [2.24, 2.45) is 0 Å². The highest BCUT2D eigenvalue weighted by Crippen LogP contribution is 2.30. The molecule has 0 bridgehead atoms. The van der Waals surface area contributed by atoms with E-state index in [2.05, 4.69) is 15.3 Å². The Balaban J connectivity index is 2.25. The zero-order valence-electron chi connectivity index (χ0n) is 11.3. The highest BCUT2D eigenvalue weighted by molar-refractivity contribution is 6.32. The standard InChI is InChI=1S/C14H15ClFN3O/c1-3-6-17-14-18-8-11(16)13(19-14)20-12-7-9(2)4-5-10(12)15/h4-5,7-8H,3,6H2,1-2H3,(H,17,18,19). The molecule has 1 aromatic carbocycles. The Bertz CT molecular complexity index is 607. The summed E-state index contributed by atoms with van der Waals surface area (Å²) < 4.78 is 19.1. The van der Waals surface area contributed by atoms with Crippen LogP contribution in [0.4, 0.5) is 10.3 Å². The van der Waals surface area contributed by atoms with Crippen molar-refractivity contribution in [2.45, 2.75) is 20.3 Å². The maximum Gasteiger partial charge on any atom is 0.260 e. The molecule has 4 nitrogen and oxygen atoms in total. The quantitative estimate of drug-likeness (QED) is 0.898. The molecule has 0 aliphatic carbocycles. The van der Waals surface area contributed by atoms with Gasteiger partial charge in [0.15, 0.2) is 0 Å². The maximum atomic E-state index is 13.7. The van der Waals surface area contributed by atoms with Crippen LogP contribution in [0.25, 0.3) is 0 Å². The van der Waals surface area contributed by atoms with E-state index in [0.717, 1.165) is 18.2 Å². The molecule has 0 atom stereocenters. The van der Waals surface area contributed by atoms with Gasteiger partial charge in [0.05, 0.1) is 11.2 Å². The van der Waals surface area contributed by atoms with Gasteiger partial charge >= 0.3 is 0 Å². The van der Waals surface area contributed by atoms with Gasteiger partial charge < -0.3 is 10.1 Å². The van der Waals surface area contributed by atoms with Crippen molar-refractivity contribution in [3.63, 3.8) is 0 Å². The maximum absolute atomic E-state index is 13.7. The average molecular weight is 296 g/mol. The van der Waals surface area contributed by atoms with Crippen LogP contribution in [-0.4, -0.2) is 16.5 Å². The number of hydrogen-bond acceptors (Lipinski definition) is 4. The van der Waals surface area contributed by atoms with E-state index >= 15 is 0 Å².